The standard InChI is InChI=1S/C21H32F3NO5SSi/c1-19(2,3)25(18(26)27)16(13-29-31(25)28)17(30-32(7,8)20(4,5)6)14-9-11-15(12-10-14)21(22,23)24/h9-12,16-17H,13H2,1-8H3/p+1/t16-,17?,25?,31?/m1/s1. The zero-order chi connectivity index (χ0) is 24.9. The molecule has 6 nitrogen and oxygen atoms in total. The first-order valence-electron chi connectivity index (χ1n) is 10.3. The van der Waals surface area contributed by atoms with Crippen molar-refractivity contribution in [2.75, 3.05) is 6.61 Å². The van der Waals surface area contributed by atoms with Gasteiger partial charge in [0.25, 0.3) is 0 Å². The van der Waals surface area contributed by atoms with Crippen LogP contribution in [-0.4, -0.2) is 45.8 Å². The molecule has 0 saturated carbocycles. The van der Waals surface area contributed by atoms with Crippen LogP contribution in [0, 0.1) is 0 Å². The second-order valence-corrected chi connectivity index (χ2v) is 16.6. The Balaban J connectivity index is 2.70. The van der Waals surface area contributed by atoms with E-state index in [9.17, 15) is 27.3 Å². The van der Waals surface area contributed by atoms with Gasteiger partial charge in [0.15, 0.2) is 14.4 Å². The van der Waals surface area contributed by atoms with Crippen molar-refractivity contribution in [2.45, 2.75) is 83.5 Å². The monoisotopic (exact) mass is 496 g/mol. The number of hydrogen-bond acceptors (Lipinski definition) is 4. The van der Waals surface area contributed by atoms with Crippen molar-refractivity contribution in [3.05, 3.63) is 35.4 Å². The van der Waals surface area contributed by atoms with E-state index in [1.165, 1.54) is 12.1 Å². The number of benzene rings is 1. The first kappa shape index (κ1) is 27.0. The van der Waals surface area contributed by atoms with E-state index in [-0.39, 0.29) is 11.6 Å². The van der Waals surface area contributed by atoms with Gasteiger partial charge in [0, 0.05) is 0 Å². The summed E-state index contributed by atoms with van der Waals surface area (Å²) in [6.07, 6.45) is -6.77. The van der Waals surface area contributed by atoms with Crippen molar-refractivity contribution in [2.24, 2.45) is 0 Å². The maximum absolute atomic E-state index is 13.1. The minimum Gasteiger partial charge on any atom is -0.435 e. The highest BCUT2D eigenvalue weighted by atomic mass is 32.2. The van der Waals surface area contributed by atoms with Gasteiger partial charge in [0.05, 0.1) is 5.56 Å². The summed E-state index contributed by atoms with van der Waals surface area (Å²) in [6.45, 7) is 14.8. The molecule has 1 heterocycles. The fourth-order valence-corrected chi connectivity index (χ4v) is 6.31. The van der Waals surface area contributed by atoms with Crippen molar-refractivity contribution in [1.82, 2.24) is 0 Å². The molecular formula is C21H33F3NO5SSi+. The van der Waals surface area contributed by atoms with E-state index < -0.39 is 59.0 Å². The first-order valence-corrected chi connectivity index (χ1v) is 14.2. The van der Waals surface area contributed by atoms with E-state index in [0.29, 0.717) is 5.56 Å². The molecule has 1 aromatic rings. The van der Waals surface area contributed by atoms with Gasteiger partial charge in [-0.2, -0.15) is 22.2 Å². The van der Waals surface area contributed by atoms with E-state index in [0.717, 1.165) is 12.1 Å². The van der Waals surface area contributed by atoms with Gasteiger partial charge in [-0.05, 0) is 56.6 Å². The third kappa shape index (κ3) is 4.68. The van der Waals surface area contributed by atoms with Crippen molar-refractivity contribution < 1.29 is 39.8 Å². The molecule has 1 saturated heterocycles. The minimum absolute atomic E-state index is 0.170. The molecule has 4 atom stereocenters. The van der Waals surface area contributed by atoms with E-state index in [1.54, 1.807) is 20.8 Å². The van der Waals surface area contributed by atoms with Crippen molar-refractivity contribution in [3.8, 4) is 0 Å². The lowest BCUT2D eigenvalue weighted by Gasteiger charge is -2.45. The van der Waals surface area contributed by atoms with Crippen molar-refractivity contribution in [1.29, 1.82) is 0 Å². The molecule has 3 unspecified atom stereocenters. The molecule has 2 rings (SSSR count). The van der Waals surface area contributed by atoms with Gasteiger partial charge in [-0.15, -0.1) is 3.89 Å². The van der Waals surface area contributed by atoms with Crippen LogP contribution in [0.4, 0.5) is 18.0 Å². The molecule has 0 bridgehead atoms. The van der Waals surface area contributed by atoms with Gasteiger partial charge in [-0.1, -0.05) is 32.9 Å². The summed E-state index contributed by atoms with van der Waals surface area (Å²) in [4.78, 5) is 12.6. The number of amides is 1. The van der Waals surface area contributed by atoms with Crippen LogP contribution in [0.3, 0.4) is 0 Å². The Bertz CT molecular complexity index is 877. The normalized spacial score (nSPS) is 26.2. The Hall–Kier alpha value is -1.27. The molecule has 1 amide bonds. The van der Waals surface area contributed by atoms with Gasteiger partial charge < -0.3 is 9.53 Å². The number of rotatable bonds is 4. The summed E-state index contributed by atoms with van der Waals surface area (Å²) < 4.78 is 63.4. The highest BCUT2D eigenvalue weighted by molar-refractivity contribution is 7.75. The average molecular weight is 497 g/mol. The maximum Gasteiger partial charge on any atom is 0.530 e. The Morgan fingerprint density at radius 1 is 1.16 bits per heavy atom. The van der Waals surface area contributed by atoms with E-state index in [4.69, 9.17) is 8.61 Å². The Kier molecular flexibility index (Phi) is 7.16. The highest BCUT2D eigenvalue weighted by Crippen LogP contribution is 2.47. The van der Waals surface area contributed by atoms with Crippen LogP contribution in [0.1, 0.15) is 58.8 Å². The lowest BCUT2D eigenvalue weighted by molar-refractivity contribution is -0.805. The Morgan fingerprint density at radius 2 is 1.66 bits per heavy atom. The lowest BCUT2D eigenvalue weighted by Crippen LogP contribution is -2.68. The lowest BCUT2D eigenvalue weighted by atomic mass is 9.95. The van der Waals surface area contributed by atoms with Crippen LogP contribution in [0.15, 0.2) is 24.3 Å². The molecule has 0 aromatic heterocycles. The maximum atomic E-state index is 13.1. The number of carboxylic acid groups (broad SMARTS) is 1. The number of alkyl halides is 3. The molecule has 1 aliphatic rings. The summed E-state index contributed by atoms with van der Waals surface area (Å²) in [5.41, 5.74) is -1.46. The highest BCUT2D eigenvalue weighted by Gasteiger charge is 2.67. The topological polar surface area (TPSA) is 72.8 Å². The third-order valence-corrected chi connectivity index (χ3v) is 12.7. The van der Waals surface area contributed by atoms with Crippen LogP contribution in [-0.2, 0) is 26.1 Å². The summed E-state index contributed by atoms with van der Waals surface area (Å²) >= 11 is -2.22. The molecule has 0 aliphatic carbocycles. The number of hydrogen-bond donors (Lipinski definition) is 1. The second kappa shape index (κ2) is 8.50. The number of quaternary nitrogens is 1. The molecule has 0 spiro atoms. The summed E-state index contributed by atoms with van der Waals surface area (Å²) in [5, 5.41) is 10.00. The van der Waals surface area contributed by atoms with Crippen LogP contribution in [0.5, 0.6) is 0 Å². The fourth-order valence-electron chi connectivity index (χ4n) is 3.64. The smallest absolute Gasteiger partial charge is 0.435 e. The molecule has 1 aliphatic heterocycles. The average Bonchev–Trinajstić information content (AvgIpc) is 2.96. The predicted octanol–water partition coefficient (Wildman–Crippen LogP) is 6.04. The summed E-state index contributed by atoms with van der Waals surface area (Å²) in [7, 11) is -2.53. The zero-order valence-electron chi connectivity index (χ0n) is 19.7. The Morgan fingerprint density at radius 3 is 2.03 bits per heavy atom. The summed E-state index contributed by atoms with van der Waals surface area (Å²) in [5.74, 6) is 0. The molecule has 0 radical (unpaired) electrons. The predicted molar refractivity (Wildman–Crippen MR) is 118 cm³/mol. The van der Waals surface area contributed by atoms with Gasteiger partial charge in [-0.3, -0.25) is 0 Å². The van der Waals surface area contributed by atoms with Gasteiger partial charge in [0.1, 0.15) is 18.2 Å². The molecule has 11 heteroatoms. The summed E-state index contributed by atoms with van der Waals surface area (Å²) in [6, 6.07) is 3.59. The van der Waals surface area contributed by atoms with Crippen LogP contribution >= 0.6 is 0 Å². The largest absolute Gasteiger partial charge is 0.530 e. The fraction of sp³-hybridized carbons (Fsp3) is 0.667. The SMILES string of the molecule is CC(C)(C)[N+]1(C(=O)O)[C@@H](C(O[Si](C)(C)C(C)(C)C)c2ccc(C(F)(F)F)cc2)COS1=O. The third-order valence-electron chi connectivity index (χ3n) is 6.47. The molecule has 1 aromatic carbocycles. The van der Waals surface area contributed by atoms with Crippen molar-refractivity contribution >= 4 is 25.7 Å². The minimum atomic E-state index is -4.50. The quantitative estimate of drug-likeness (QED) is 0.406. The number of halogens is 3. The van der Waals surface area contributed by atoms with Gasteiger partial charge >= 0.3 is 23.5 Å². The second-order valence-electron chi connectivity index (χ2n) is 10.6. The van der Waals surface area contributed by atoms with E-state index >= 15 is 0 Å². The molecular weight excluding hydrogens is 463 g/mol. The zero-order valence-corrected chi connectivity index (χ0v) is 21.6. The van der Waals surface area contributed by atoms with Gasteiger partial charge in [-0.25, -0.2) is 4.18 Å². The number of nitrogens with zero attached hydrogens (tertiary/aromatic N) is 1. The van der Waals surface area contributed by atoms with Crippen LogP contribution in [0.25, 0.3) is 0 Å². The van der Waals surface area contributed by atoms with E-state index in [1.807, 2.05) is 33.9 Å². The molecule has 1 N–H and O–H groups in total. The first-order chi connectivity index (χ1) is 14.3. The van der Waals surface area contributed by atoms with Gasteiger partial charge in [0.2, 0.25) is 0 Å². The number of carbonyl (C=O) groups is 1. The molecule has 1 fully saturated rings. The van der Waals surface area contributed by atoms with Crippen LogP contribution < -0.4 is 0 Å². The molecule has 182 valence electrons. The Labute approximate surface area is 191 Å². The van der Waals surface area contributed by atoms with Crippen molar-refractivity contribution in [3.63, 3.8) is 0 Å². The van der Waals surface area contributed by atoms with E-state index in [2.05, 4.69) is 0 Å². The molecule has 32 heavy (non-hydrogen) atoms. The van der Waals surface area contributed by atoms with Crippen LogP contribution in [0.2, 0.25) is 18.1 Å².